The molecule has 33 heavy (non-hydrogen) atoms. The van der Waals surface area contributed by atoms with Crippen LogP contribution in [0.2, 0.25) is 0 Å². The first-order valence-electron chi connectivity index (χ1n) is 10.2. The van der Waals surface area contributed by atoms with Crippen molar-refractivity contribution in [3.8, 4) is 17.6 Å². The van der Waals surface area contributed by atoms with Gasteiger partial charge in [0, 0.05) is 18.0 Å². The van der Waals surface area contributed by atoms with Crippen molar-refractivity contribution in [2.24, 2.45) is 0 Å². The molecule has 0 saturated heterocycles. The molecule has 162 valence electrons. The summed E-state index contributed by atoms with van der Waals surface area (Å²) in [4.78, 5) is 28.5. The number of benzene rings is 3. The molecule has 1 aromatic heterocycles. The average Bonchev–Trinajstić information content (AvgIpc) is 2.84. The maximum atomic E-state index is 12.6. The number of carboxylic acids is 1. The number of aromatic nitrogens is 1. The zero-order chi connectivity index (χ0) is 23.2. The summed E-state index contributed by atoms with van der Waals surface area (Å²) in [5.74, 6) is -0.531. The minimum atomic E-state index is -1.14. The highest BCUT2D eigenvalue weighted by molar-refractivity contribution is 5.98. The standard InChI is InChI=1S/C26H19N3O4/c27-15-18-7-11-22(12-8-18)33-21-9-5-17(6-10-21)13-24(26(31)32)29-25(30)23-14-19-3-1-2-4-20(19)16-28-23/h1-12,14,16,24H,13H2,(H,29,30)(H,31,32)/t24-/m0/s1. The number of nitriles is 1. The lowest BCUT2D eigenvalue weighted by Gasteiger charge is -2.15. The van der Waals surface area contributed by atoms with Crippen molar-refractivity contribution in [3.05, 3.63) is 102 Å². The molecule has 7 nitrogen and oxygen atoms in total. The number of pyridine rings is 1. The van der Waals surface area contributed by atoms with Crippen LogP contribution in [0.25, 0.3) is 10.8 Å². The first-order valence-corrected chi connectivity index (χ1v) is 10.2. The van der Waals surface area contributed by atoms with Gasteiger partial charge in [0.05, 0.1) is 11.6 Å². The number of carboxylic acid groups (broad SMARTS) is 1. The number of fused-ring (bicyclic) bond motifs is 1. The number of aliphatic carboxylic acids is 1. The molecule has 4 rings (SSSR count). The molecule has 1 amide bonds. The SMILES string of the molecule is N#Cc1ccc(Oc2ccc(C[C@H](NC(=O)c3cc4ccccc4cn3)C(=O)O)cc2)cc1. The Balaban J connectivity index is 1.42. The van der Waals surface area contributed by atoms with Gasteiger partial charge in [-0.3, -0.25) is 9.78 Å². The third-order valence-electron chi connectivity index (χ3n) is 5.05. The van der Waals surface area contributed by atoms with Gasteiger partial charge in [0.15, 0.2) is 0 Å². The van der Waals surface area contributed by atoms with E-state index in [9.17, 15) is 14.7 Å². The maximum absolute atomic E-state index is 12.6. The fourth-order valence-corrected chi connectivity index (χ4v) is 3.30. The summed E-state index contributed by atoms with van der Waals surface area (Å²) in [7, 11) is 0. The second-order valence-electron chi connectivity index (χ2n) is 7.37. The molecule has 7 heteroatoms. The molecule has 0 spiro atoms. The molecule has 1 atom stereocenters. The van der Waals surface area contributed by atoms with Gasteiger partial charge in [-0.15, -0.1) is 0 Å². The smallest absolute Gasteiger partial charge is 0.326 e. The summed E-state index contributed by atoms with van der Waals surface area (Å²) < 4.78 is 5.74. The van der Waals surface area contributed by atoms with Gasteiger partial charge in [0.1, 0.15) is 23.2 Å². The van der Waals surface area contributed by atoms with E-state index in [0.29, 0.717) is 17.1 Å². The first kappa shape index (κ1) is 21.5. The summed E-state index contributed by atoms with van der Waals surface area (Å²) in [5, 5.41) is 22.8. The van der Waals surface area contributed by atoms with E-state index in [1.807, 2.05) is 30.3 Å². The number of rotatable bonds is 7. The highest BCUT2D eigenvalue weighted by Crippen LogP contribution is 2.22. The highest BCUT2D eigenvalue weighted by Gasteiger charge is 2.22. The summed E-state index contributed by atoms with van der Waals surface area (Å²) >= 11 is 0. The molecule has 0 aliphatic carbocycles. The van der Waals surface area contributed by atoms with Gasteiger partial charge in [0.2, 0.25) is 0 Å². The zero-order valence-electron chi connectivity index (χ0n) is 17.4. The van der Waals surface area contributed by atoms with Crippen LogP contribution in [0.3, 0.4) is 0 Å². The Morgan fingerprint density at radius 2 is 1.61 bits per heavy atom. The Bertz CT molecular complexity index is 1340. The fourth-order valence-electron chi connectivity index (χ4n) is 3.30. The summed E-state index contributed by atoms with van der Waals surface area (Å²) in [6.45, 7) is 0. The molecule has 0 saturated carbocycles. The van der Waals surface area contributed by atoms with Crippen LogP contribution in [0.15, 0.2) is 85.1 Å². The third-order valence-corrected chi connectivity index (χ3v) is 5.05. The molecular weight excluding hydrogens is 418 g/mol. The van der Waals surface area contributed by atoms with Crippen LogP contribution in [-0.4, -0.2) is 28.0 Å². The van der Waals surface area contributed by atoms with Crippen molar-refractivity contribution >= 4 is 22.6 Å². The van der Waals surface area contributed by atoms with Crippen molar-refractivity contribution in [3.63, 3.8) is 0 Å². The number of nitrogens with one attached hydrogen (secondary N) is 1. The molecule has 0 fully saturated rings. The van der Waals surface area contributed by atoms with E-state index in [1.165, 1.54) is 0 Å². The number of amides is 1. The van der Waals surface area contributed by atoms with Gasteiger partial charge in [-0.1, -0.05) is 36.4 Å². The van der Waals surface area contributed by atoms with Crippen LogP contribution in [0.5, 0.6) is 11.5 Å². The van der Waals surface area contributed by atoms with Crippen LogP contribution in [-0.2, 0) is 11.2 Å². The highest BCUT2D eigenvalue weighted by atomic mass is 16.5. The number of carbonyl (C=O) groups is 2. The van der Waals surface area contributed by atoms with Crippen molar-refractivity contribution in [1.82, 2.24) is 10.3 Å². The Morgan fingerprint density at radius 3 is 2.24 bits per heavy atom. The van der Waals surface area contributed by atoms with E-state index in [-0.39, 0.29) is 12.1 Å². The normalized spacial score (nSPS) is 11.4. The van der Waals surface area contributed by atoms with Crippen molar-refractivity contribution in [2.45, 2.75) is 12.5 Å². The minimum Gasteiger partial charge on any atom is -0.480 e. The topological polar surface area (TPSA) is 112 Å². The number of carbonyl (C=O) groups excluding carboxylic acids is 1. The quantitative estimate of drug-likeness (QED) is 0.445. The van der Waals surface area contributed by atoms with Crippen LogP contribution < -0.4 is 10.1 Å². The Hall–Kier alpha value is -4.70. The number of nitrogens with zero attached hydrogens (tertiary/aromatic N) is 2. The Kier molecular flexibility index (Phi) is 6.28. The lowest BCUT2D eigenvalue weighted by Crippen LogP contribution is -2.42. The minimum absolute atomic E-state index is 0.103. The van der Waals surface area contributed by atoms with Gasteiger partial charge in [-0.25, -0.2) is 4.79 Å². The monoisotopic (exact) mass is 437 g/mol. The van der Waals surface area contributed by atoms with Gasteiger partial charge in [0.25, 0.3) is 5.91 Å². The average molecular weight is 437 g/mol. The predicted molar refractivity (Wildman–Crippen MR) is 122 cm³/mol. The third kappa shape index (κ3) is 5.32. The van der Waals surface area contributed by atoms with Crippen LogP contribution in [0.1, 0.15) is 21.6 Å². The van der Waals surface area contributed by atoms with E-state index >= 15 is 0 Å². The number of hydrogen-bond donors (Lipinski definition) is 2. The molecular formula is C26H19N3O4. The molecule has 4 aromatic rings. The van der Waals surface area contributed by atoms with Crippen LogP contribution >= 0.6 is 0 Å². The largest absolute Gasteiger partial charge is 0.480 e. The zero-order valence-corrected chi connectivity index (χ0v) is 17.4. The maximum Gasteiger partial charge on any atom is 0.326 e. The molecule has 2 N–H and O–H groups in total. The second-order valence-corrected chi connectivity index (χ2v) is 7.37. The van der Waals surface area contributed by atoms with Crippen LogP contribution in [0.4, 0.5) is 0 Å². The molecule has 0 radical (unpaired) electrons. The predicted octanol–water partition coefficient (Wildman–Crippen LogP) is 4.32. The van der Waals surface area contributed by atoms with Gasteiger partial charge in [-0.2, -0.15) is 5.26 Å². The molecule has 0 aliphatic heterocycles. The number of hydrogen-bond acceptors (Lipinski definition) is 5. The lowest BCUT2D eigenvalue weighted by molar-refractivity contribution is -0.139. The first-order chi connectivity index (χ1) is 16.0. The molecule has 0 bridgehead atoms. The Labute approximate surface area is 189 Å². The van der Waals surface area contributed by atoms with Crippen LogP contribution in [0, 0.1) is 11.3 Å². The fraction of sp³-hybridized carbons (Fsp3) is 0.0769. The van der Waals surface area contributed by atoms with E-state index in [1.54, 1.807) is 60.8 Å². The summed E-state index contributed by atoms with van der Waals surface area (Å²) in [6, 6.07) is 23.7. The number of ether oxygens (including phenoxy) is 1. The van der Waals surface area contributed by atoms with Crippen molar-refractivity contribution < 1.29 is 19.4 Å². The van der Waals surface area contributed by atoms with Crippen molar-refractivity contribution in [1.29, 1.82) is 5.26 Å². The molecule has 0 unspecified atom stereocenters. The summed E-state index contributed by atoms with van der Waals surface area (Å²) in [6.07, 6.45) is 1.69. The molecule has 3 aromatic carbocycles. The van der Waals surface area contributed by atoms with E-state index in [2.05, 4.69) is 10.3 Å². The summed E-state index contributed by atoms with van der Waals surface area (Å²) in [5.41, 5.74) is 1.42. The van der Waals surface area contributed by atoms with E-state index in [4.69, 9.17) is 10.00 Å². The van der Waals surface area contributed by atoms with E-state index < -0.39 is 17.9 Å². The van der Waals surface area contributed by atoms with E-state index in [0.717, 1.165) is 16.3 Å². The van der Waals surface area contributed by atoms with Gasteiger partial charge < -0.3 is 15.2 Å². The lowest BCUT2D eigenvalue weighted by atomic mass is 10.1. The Morgan fingerprint density at radius 1 is 0.970 bits per heavy atom. The van der Waals surface area contributed by atoms with Gasteiger partial charge in [-0.05, 0) is 53.4 Å². The molecule has 0 aliphatic rings. The van der Waals surface area contributed by atoms with Crippen molar-refractivity contribution in [2.75, 3.05) is 0 Å². The second kappa shape index (κ2) is 9.62. The van der Waals surface area contributed by atoms with Gasteiger partial charge >= 0.3 is 5.97 Å². The molecule has 1 heterocycles.